The van der Waals surface area contributed by atoms with Crippen LogP contribution < -0.4 is 5.32 Å². The Kier molecular flexibility index (Phi) is 4.01. The van der Waals surface area contributed by atoms with Crippen LogP contribution in [0.25, 0.3) is 0 Å². The van der Waals surface area contributed by atoms with Gasteiger partial charge in [-0.1, -0.05) is 18.2 Å². The SMILES string of the molecule is CC(C)(NCCc1ccccc1F)C(=O)O. The van der Waals surface area contributed by atoms with E-state index >= 15 is 0 Å². The maximum atomic E-state index is 13.2. The Labute approximate surface area is 94.3 Å². The molecule has 0 aliphatic rings. The van der Waals surface area contributed by atoms with E-state index in [4.69, 9.17) is 5.11 Å². The summed E-state index contributed by atoms with van der Waals surface area (Å²) in [5.41, 5.74) is -0.387. The molecule has 0 amide bonds. The van der Waals surface area contributed by atoms with E-state index in [1.54, 1.807) is 32.0 Å². The van der Waals surface area contributed by atoms with E-state index in [0.717, 1.165) is 0 Å². The van der Waals surface area contributed by atoms with Gasteiger partial charge in [0.15, 0.2) is 0 Å². The molecule has 0 spiro atoms. The molecule has 1 aromatic carbocycles. The van der Waals surface area contributed by atoms with Crippen LogP contribution >= 0.6 is 0 Å². The highest BCUT2D eigenvalue weighted by Gasteiger charge is 2.25. The second kappa shape index (κ2) is 5.07. The average molecular weight is 225 g/mol. The van der Waals surface area contributed by atoms with Crippen LogP contribution in [0.4, 0.5) is 4.39 Å². The summed E-state index contributed by atoms with van der Waals surface area (Å²) in [7, 11) is 0. The van der Waals surface area contributed by atoms with Crippen LogP contribution in [0.15, 0.2) is 24.3 Å². The highest BCUT2D eigenvalue weighted by atomic mass is 19.1. The molecule has 3 nitrogen and oxygen atoms in total. The number of nitrogens with one attached hydrogen (secondary N) is 1. The van der Waals surface area contributed by atoms with Gasteiger partial charge in [0.25, 0.3) is 0 Å². The molecule has 16 heavy (non-hydrogen) atoms. The summed E-state index contributed by atoms with van der Waals surface area (Å²) in [4.78, 5) is 10.8. The third-order valence-corrected chi connectivity index (χ3v) is 2.45. The van der Waals surface area contributed by atoms with Gasteiger partial charge in [-0.05, 0) is 31.9 Å². The van der Waals surface area contributed by atoms with Gasteiger partial charge in [-0.2, -0.15) is 0 Å². The number of carboxylic acid groups (broad SMARTS) is 1. The molecule has 0 aliphatic heterocycles. The molecular weight excluding hydrogens is 209 g/mol. The highest BCUT2D eigenvalue weighted by Crippen LogP contribution is 2.07. The minimum Gasteiger partial charge on any atom is -0.480 e. The first-order valence-corrected chi connectivity index (χ1v) is 5.15. The number of hydrogen-bond acceptors (Lipinski definition) is 2. The Balaban J connectivity index is 2.48. The van der Waals surface area contributed by atoms with Crippen LogP contribution in [0.2, 0.25) is 0 Å². The summed E-state index contributed by atoms with van der Waals surface area (Å²) in [6, 6.07) is 6.50. The van der Waals surface area contributed by atoms with E-state index in [2.05, 4.69) is 5.32 Å². The first kappa shape index (κ1) is 12.6. The minimum atomic E-state index is -0.981. The van der Waals surface area contributed by atoms with Gasteiger partial charge >= 0.3 is 5.97 Å². The molecule has 0 unspecified atom stereocenters. The van der Waals surface area contributed by atoms with Crippen molar-refractivity contribution in [3.05, 3.63) is 35.6 Å². The lowest BCUT2D eigenvalue weighted by atomic mass is 10.1. The second-order valence-corrected chi connectivity index (χ2v) is 4.20. The van der Waals surface area contributed by atoms with Gasteiger partial charge in [-0.15, -0.1) is 0 Å². The van der Waals surface area contributed by atoms with E-state index in [1.807, 2.05) is 0 Å². The zero-order valence-corrected chi connectivity index (χ0v) is 9.46. The smallest absolute Gasteiger partial charge is 0.323 e. The number of hydrogen-bond donors (Lipinski definition) is 2. The Morgan fingerprint density at radius 1 is 1.44 bits per heavy atom. The lowest BCUT2D eigenvalue weighted by Gasteiger charge is -2.20. The third kappa shape index (κ3) is 3.31. The molecule has 0 saturated heterocycles. The molecule has 1 aromatic rings. The van der Waals surface area contributed by atoms with Crippen molar-refractivity contribution in [2.24, 2.45) is 0 Å². The zero-order valence-electron chi connectivity index (χ0n) is 9.46. The number of carboxylic acids is 1. The van der Waals surface area contributed by atoms with Crippen LogP contribution in [-0.2, 0) is 11.2 Å². The molecule has 2 N–H and O–H groups in total. The van der Waals surface area contributed by atoms with Crippen LogP contribution in [0.1, 0.15) is 19.4 Å². The van der Waals surface area contributed by atoms with Crippen molar-refractivity contribution in [3.63, 3.8) is 0 Å². The molecule has 4 heteroatoms. The molecule has 0 aromatic heterocycles. The number of carbonyl (C=O) groups is 1. The fourth-order valence-corrected chi connectivity index (χ4v) is 1.29. The summed E-state index contributed by atoms with van der Waals surface area (Å²) in [5.74, 6) is -1.17. The van der Waals surface area contributed by atoms with Crippen molar-refractivity contribution < 1.29 is 14.3 Å². The average Bonchev–Trinajstić information content (AvgIpc) is 2.20. The van der Waals surface area contributed by atoms with Gasteiger partial charge in [0, 0.05) is 6.54 Å². The molecule has 0 fully saturated rings. The maximum absolute atomic E-state index is 13.2. The fourth-order valence-electron chi connectivity index (χ4n) is 1.29. The van der Waals surface area contributed by atoms with Gasteiger partial charge in [0.2, 0.25) is 0 Å². The number of benzene rings is 1. The van der Waals surface area contributed by atoms with Crippen molar-refractivity contribution in [1.29, 1.82) is 0 Å². The van der Waals surface area contributed by atoms with Crippen molar-refractivity contribution >= 4 is 5.97 Å². The summed E-state index contributed by atoms with van der Waals surface area (Å²) in [5, 5.41) is 11.7. The van der Waals surface area contributed by atoms with E-state index in [1.165, 1.54) is 6.07 Å². The van der Waals surface area contributed by atoms with Gasteiger partial charge in [-0.3, -0.25) is 4.79 Å². The van der Waals surface area contributed by atoms with Crippen molar-refractivity contribution in [3.8, 4) is 0 Å². The predicted molar refractivity (Wildman–Crippen MR) is 59.8 cm³/mol. The molecule has 0 radical (unpaired) electrons. The van der Waals surface area contributed by atoms with E-state index < -0.39 is 11.5 Å². The summed E-state index contributed by atoms with van der Waals surface area (Å²) in [6.45, 7) is 3.59. The lowest BCUT2D eigenvalue weighted by Crippen LogP contribution is -2.47. The molecule has 0 aliphatic carbocycles. The summed E-state index contributed by atoms with van der Waals surface area (Å²) < 4.78 is 13.2. The monoisotopic (exact) mass is 225 g/mol. The second-order valence-electron chi connectivity index (χ2n) is 4.20. The number of aliphatic carboxylic acids is 1. The molecule has 0 bridgehead atoms. The molecule has 88 valence electrons. The molecule has 1 rings (SSSR count). The predicted octanol–water partition coefficient (Wildman–Crippen LogP) is 1.82. The molecule has 0 heterocycles. The Morgan fingerprint density at radius 3 is 2.62 bits per heavy atom. The van der Waals surface area contributed by atoms with Gasteiger partial charge in [-0.25, -0.2) is 4.39 Å². The highest BCUT2D eigenvalue weighted by molar-refractivity contribution is 5.77. The molecule has 0 saturated carbocycles. The van der Waals surface area contributed by atoms with E-state index in [9.17, 15) is 9.18 Å². The Morgan fingerprint density at radius 2 is 2.06 bits per heavy atom. The van der Waals surface area contributed by atoms with Crippen molar-refractivity contribution in [1.82, 2.24) is 5.32 Å². The van der Waals surface area contributed by atoms with Crippen LogP contribution in [0, 0.1) is 5.82 Å². The quantitative estimate of drug-likeness (QED) is 0.803. The van der Waals surface area contributed by atoms with Crippen LogP contribution in [-0.4, -0.2) is 23.2 Å². The standard InChI is InChI=1S/C12H16FNO2/c1-12(2,11(15)16)14-8-7-9-5-3-4-6-10(9)13/h3-6,14H,7-8H2,1-2H3,(H,15,16). The van der Waals surface area contributed by atoms with Gasteiger partial charge in [0.1, 0.15) is 11.4 Å². The van der Waals surface area contributed by atoms with Gasteiger partial charge in [0.05, 0.1) is 0 Å². The van der Waals surface area contributed by atoms with E-state index in [-0.39, 0.29) is 5.82 Å². The molecule has 0 atom stereocenters. The normalized spacial score (nSPS) is 11.4. The largest absolute Gasteiger partial charge is 0.480 e. The van der Waals surface area contributed by atoms with Crippen LogP contribution in [0.5, 0.6) is 0 Å². The van der Waals surface area contributed by atoms with Gasteiger partial charge < -0.3 is 10.4 Å². The van der Waals surface area contributed by atoms with E-state index in [0.29, 0.717) is 18.5 Å². The summed E-state index contributed by atoms with van der Waals surface area (Å²) >= 11 is 0. The van der Waals surface area contributed by atoms with Crippen molar-refractivity contribution in [2.45, 2.75) is 25.8 Å². The topological polar surface area (TPSA) is 49.3 Å². The summed E-state index contributed by atoms with van der Waals surface area (Å²) in [6.07, 6.45) is 0.476. The first-order chi connectivity index (χ1) is 7.43. The maximum Gasteiger partial charge on any atom is 0.323 e. The van der Waals surface area contributed by atoms with Crippen molar-refractivity contribution in [2.75, 3.05) is 6.54 Å². The number of rotatable bonds is 5. The first-order valence-electron chi connectivity index (χ1n) is 5.15. The lowest BCUT2D eigenvalue weighted by molar-refractivity contribution is -0.143. The fraction of sp³-hybridized carbons (Fsp3) is 0.417. The minimum absolute atomic E-state index is 0.252. The zero-order chi connectivity index (χ0) is 12.2. The third-order valence-electron chi connectivity index (χ3n) is 2.45. The van der Waals surface area contributed by atoms with Crippen LogP contribution in [0.3, 0.4) is 0 Å². The Hall–Kier alpha value is -1.42. The number of halogens is 1. The Bertz CT molecular complexity index is 377. The molecular formula is C12H16FNO2.